The van der Waals surface area contributed by atoms with E-state index in [-0.39, 0.29) is 0 Å². The van der Waals surface area contributed by atoms with Gasteiger partial charge in [-0.25, -0.2) is 4.98 Å². The van der Waals surface area contributed by atoms with Crippen molar-refractivity contribution in [2.24, 2.45) is 0 Å². The third kappa shape index (κ3) is 2.92. The van der Waals surface area contributed by atoms with Crippen molar-refractivity contribution in [1.29, 1.82) is 0 Å². The lowest BCUT2D eigenvalue weighted by Crippen LogP contribution is -2.13. The van der Waals surface area contributed by atoms with Crippen LogP contribution in [0.5, 0.6) is 0 Å². The van der Waals surface area contributed by atoms with Crippen molar-refractivity contribution in [3.05, 3.63) is 65.0 Å². The third-order valence-corrected chi connectivity index (χ3v) is 4.30. The van der Waals surface area contributed by atoms with Crippen LogP contribution in [-0.2, 0) is 4.79 Å². The molecule has 0 unspecified atom stereocenters. The van der Waals surface area contributed by atoms with Crippen LogP contribution in [0.4, 0.5) is 10.8 Å². The number of hydrogen-bond donors (Lipinski definition) is 0. The van der Waals surface area contributed by atoms with E-state index < -0.39 is 0 Å². The summed E-state index contributed by atoms with van der Waals surface area (Å²) in [6.07, 6.45) is 0.808. The van der Waals surface area contributed by atoms with E-state index in [2.05, 4.69) is 24.0 Å². The quantitative estimate of drug-likeness (QED) is 0.653. The Hall–Kier alpha value is -2.46. The van der Waals surface area contributed by atoms with Gasteiger partial charge in [-0.15, -0.1) is 11.3 Å². The average Bonchev–Trinajstić information content (AvgIpc) is 3.00. The van der Waals surface area contributed by atoms with E-state index in [0.29, 0.717) is 5.13 Å². The van der Waals surface area contributed by atoms with Crippen molar-refractivity contribution in [3.8, 4) is 11.3 Å². The van der Waals surface area contributed by atoms with Crippen LogP contribution in [0.3, 0.4) is 0 Å². The summed E-state index contributed by atoms with van der Waals surface area (Å²) in [6.45, 7) is 4.08. The number of rotatable bonds is 4. The van der Waals surface area contributed by atoms with Crippen molar-refractivity contribution in [3.63, 3.8) is 0 Å². The van der Waals surface area contributed by atoms with Crippen LogP contribution >= 0.6 is 11.3 Å². The Balaban J connectivity index is 1.92. The molecule has 0 fully saturated rings. The van der Waals surface area contributed by atoms with Crippen LogP contribution in [0.25, 0.3) is 11.3 Å². The van der Waals surface area contributed by atoms with Gasteiger partial charge in [-0.2, -0.15) is 0 Å². The summed E-state index contributed by atoms with van der Waals surface area (Å²) in [5.41, 5.74) is 5.15. The standard InChI is InChI=1S/C18H16N2OS/c1-13-3-7-15(8-4-13)17-11-22-18(19-17)20(12-21)16-9-5-14(2)6-10-16/h3-12H,1-2H3. The van der Waals surface area contributed by atoms with E-state index in [1.165, 1.54) is 16.9 Å². The molecule has 110 valence electrons. The van der Waals surface area contributed by atoms with Gasteiger partial charge in [-0.05, 0) is 26.0 Å². The van der Waals surface area contributed by atoms with E-state index in [1.807, 2.05) is 48.7 Å². The first-order valence-corrected chi connectivity index (χ1v) is 7.89. The zero-order valence-electron chi connectivity index (χ0n) is 12.5. The van der Waals surface area contributed by atoms with Gasteiger partial charge in [0.2, 0.25) is 6.41 Å². The zero-order chi connectivity index (χ0) is 15.5. The van der Waals surface area contributed by atoms with E-state index in [4.69, 9.17) is 0 Å². The van der Waals surface area contributed by atoms with Gasteiger partial charge in [0.25, 0.3) is 0 Å². The van der Waals surface area contributed by atoms with Gasteiger partial charge in [-0.1, -0.05) is 47.5 Å². The topological polar surface area (TPSA) is 33.2 Å². The summed E-state index contributed by atoms with van der Waals surface area (Å²) in [5.74, 6) is 0. The lowest BCUT2D eigenvalue weighted by atomic mass is 10.1. The normalized spacial score (nSPS) is 10.5. The Morgan fingerprint density at radius 3 is 2.14 bits per heavy atom. The van der Waals surface area contributed by atoms with Gasteiger partial charge < -0.3 is 0 Å². The summed E-state index contributed by atoms with van der Waals surface area (Å²) < 4.78 is 0. The minimum Gasteiger partial charge on any atom is -0.278 e. The highest BCUT2D eigenvalue weighted by Crippen LogP contribution is 2.31. The maximum atomic E-state index is 11.5. The molecule has 3 aromatic rings. The number of amides is 1. The molecule has 0 aliphatic rings. The lowest BCUT2D eigenvalue weighted by molar-refractivity contribution is -0.106. The van der Waals surface area contributed by atoms with Crippen LogP contribution in [-0.4, -0.2) is 11.4 Å². The van der Waals surface area contributed by atoms with Crippen LogP contribution < -0.4 is 4.90 Å². The minimum absolute atomic E-state index is 0.675. The van der Waals surface area contributed by atoms with Gasteiger partial charge in [0, 0.05) is 10.9 Å². The molecule has 0 atom stereocenters. The van der Waals surface area contributed by atoms with Gasteiger partial charge in [0.05, 0.1) is 11.4 Å². The fourth-order valence-electron chi connectivity index (χ4n) is 2.15. The molecule has 3 rings (SSSR count). The molecular weight excluding hydrogens is 292 g/mol. The molecule has 1 amide bonds. The Bertz CT molecular complexity index is 776. The van der Waals surface area contributed by atoms with Gasteiger partial charge in [0.1, 0.15) is 0 Å². The van der Waals surface area contributed by atoms with Crippen molar-refractivity contribution in [2.45, 2.75) is 13.8 Å². The Morgan fingerprint density at radius 1 is 0.955 bits per heavy atom. The predicted octanol–water partition coefficient (Wildman–Crippen LogP) is 4.72. The molecule has 0 bridgehead atoms. The van der Waals surface area contributed by atoms with E-state index in [0.717, 1.165) is 28.9 Å². The van der Waals surface area contributed by atoms with Crippen LogP contribution in [0.15, 0.2) is 53.9 Å². The second-order valence-electron chi connectivity index (χ2n) is 5.19. The molecule has 0 spiro atoms. The van der Waals surface area contributed by atoms with Crippen molar-refractivity contribution >= 4 is 28.6 Å². The van der Waals surface area contributed by atoms with Gasteiger partial charge in [-0.3, -0.25) is 9.69 Å². The highest BCUT2D eigenvalue weighted by molar-refractivity contribution is 7.14. The first-order chi connectivity index (χ1) is 10.7. The number of benzene rings is 2. The van der Waals surface area contributed by atoms with Crippen LogP contribution in [0, 0.1) is 13.8 Å². The van der Waals surface area contributed by atoms with Crippen LogP contribution in [0.2, 0.25) is 0 Å². The molecule has 0 aliphatic carbocycles. The monoisotopic (exact) mass is 308 g/mol. The highest BCUT2D eigenvalue weighted by Gasteiger charge is 2.13. The number of hydrogen-bond acceptors (Lipinski definition) is 3. The van der Waals surface area contributed by atoms with E-state index >= 15 is 0 Å². The molecule has 1 aromatic heterocycles. The first-order valence-electron chi connectivity index (χ1n) is 7.01. The van der Waals surface area contributed by atoms with Crippen LogP contribution in [0.1, 0.15) is 11.1 Å². The SMILES string of the molecule is Cc1ccc(-c2csc(N(C=O)c3ccc(C)cc3)n2)cc1. The highest BCUT2D eigenvalue weighted by atomic mass is 32.1. The summed E-state index contributed by atoms with van der Waals surface area (Å²) >= 11 is 1.46. The minimum atomic E-state index is 0.675. The number of aromatic nitrogens is 1. The molecule has 4 heteroatoms. The molecule has 2 aromatic carbocycles. The molecule has 0 aliphatic heterocycles. The van der Waals surface area contributed by atoms with E-state index in [1.54, 1.807) is 4.90 Å². The fourth-order valence-corrected chi connectivity index (χ4v) is 2.97. The number of anilines is 2. The summed E-state index contributed by atoms with van der Waals surface area (Å²) in [5, 5.41) is 2.65. The maximum absolute atomic E-state index is 11.5. The summed E-state index contributed by atoms with van der Waals surface area (Å²) in [4.78, 5) is 17.6. The molecule has 0 saturated heterocycles. The largest absolute Gasteiger partial charge is 0.278 e. The Morgan fingerprint density at radius 2 is 1.55 bits per heavy atom. The van der Waals surface area contributed by atoms with Gasteiger partial charge >= 0.3 is 0 Å². The molecule has 0 saturated carbocycles. The summed E-state index contributed by atoms with van der Waals surface area (Å²) in [6, 6.07) is 16.0. The second kappa shape index (κ2) is 6.12. The number of nitrogens with zero attached hydrogens (tertiary/aromatic N) is 2. The third-order valence-electron chi connectivity index (χ3n) is 3.46. The van der Waals surface area contributed by atoms with E-state index in [9.17, 15) is 4.79 Å². The fraction of sp³-hybridized carbons (Fsp3) is 0.111. The average molecular weight is 308 g/mol. The molecule has 22 heavy (non-hydrogen) atoms. The molecule has 3 nitrogen and oxygen atoms in total. The maximum Gasteiger partial charge on any atom is 0.220 e. The number of aryl methyl sites for hydroxylation is 2. The molecule has 1 heterocycles. The number of thiazole rings is 1. The Labute approximate surface area is 133 Å². The van der Waals surface area contributed by atoms with Crippen molar-refractivity contribution in [2.75, 3.05) is 4.90 Å². The Kier molecular flexibility index (Phi) is 4.02. The second-order valence-corrected chi connectivity index (χ2v) is 6.03. The molecule has 0 N–H and O–H groups in total. The van der Waals surface area contributed by atoms with Gasteiger partial charge in [0.15, 0.2) is 5.13 Å². The number of carbonyl (C=O) groups is 1. The molecular formula is C18H16N2OS. The summed E-state index contributed by atoms with van der Waals surface area (Å²) in [7, 11) is 0. The predicted molar refractivity (Wildman–Crippen MR) is 91.7 cm³/mol. The van der Waals surface area contributed by atoms with Crippen molar-refractivity contribution < 1.29 is 4.79 Å². The lowest BCUT2D eigenvalue weighted by Gasteiger charge is -2.13. The first kappa shape index (κ1) is 14.5. The van der Waals surface area contributed by atoms with Crippen molar-refractivity contribution in [1.82, 2.24) is 4.98 Å². The zero-order valence-corrected chi connectivity index (χ0v) is 13.3. The smallest absolute Gasteiger partial charge is 0.220 e. The molecule has 0 radical (unpaired) electrons. The number of carbonyl (C=O) groups excluding carboxylic acids is 1.